The number of carboxylic acid groups (broad SMARTS) is 1. The van der Waals surface area contributed by atoms with Crippen LogP contribution < -0.4 is 10.5 Å². The number of rotatable bonds is 4. The minimum Gasteiger partial charge on any atom is -0.487 e. The van der Waals surface area contributed by atoms with Gasteiger partial charge < -0.3 is 15.6 Å². The number of hydrogen-bond acceptors (Lipinski definition) is 3. The van der Waals surface area contributed by atoms with E-state index in [1.807, 2.05) is 6.07 Å². The lowest BCUT2D eigenvalue weighted by atomic mass is 10.1. The number of nitrogen functional groups attached to an aromatic ring is 1. The number of nitrogens with two attached hydrogens (primary N) is 1. The lowest BCUT2D eigenvalue weighted by Crippen LogP contribution is -2.00. The molecule has 0 bridgehead atoms. The van der Waals surface area contributed by atoms with Crippen molar-refractivity contribution in [2.75, 3.05) is 5.73 Å². The zero-order chi connectivity index (χ0) is 13.8. The molecular weight excluding hydrogens is 310 g/mol. The van der Waals surface area contributed by atoms with E-state index in [2.05, 4.69) is 15.9 Å². The van der Waals surface area contributed by atoms with Gasteiger partial charge in [0, 0.05) is 4.47 Å². The van der Waals surface area contributed by atoms with E-state index in [-0.39, 0.29) is 5.56 Å². The van der Waals surface area contributed by atoms with Gasteiger partial charge in [0.05, 0.1) is 11.3 Å². The van der Waals surface area contributed by atoms with Crippen LogP contribution in [0.2, 0.25) is 0 Å². The Bertz CT molecular complexity index is 596. The number of carboxylic acids is 1. The maximum Gasteiger partial charge on any atom is 0.335 e. The van der Waals surface area contributed by atoms with E-state index < -0.39 is 5.97 Å². The third-order valence-electron chi connectivity index (χ3n) is 2.57. The quantitative estimate of drug-likeness (QED) is 0.847. The molecule has 0 atom stereocenters. The zero-order valence-corrected chi connectivity index (χ0v) is 11.6. The van der Waals surface area contributed by atoms with E-state index in [1.165, 1.54) is 0 Å². The van der Waals surface area contributed by atoms with Crippen molar-refractivity contribution in [1.29, 1.82) is 0 Å². The van der Waals surface area contributed by atoms with Gasteiger partial charge in [-0.1, -0.05) is 28.1 Å². The molecule has 4 nitrogen and oxygen atoms in total. The van der Waals surface area contributed by atoms with Crippen molar-refractivity contribution in [1.82, 2.24) is 0 Å². The minimum atomic E-state index is -0.940. The van der Waals surface area contributed by atoms with Crippen LogP contribution in [0.15, 0.2) is 46.9 Å². The monoisotopic (exact) mass is 321 g/mol. The number of ether oxygens (including phenoxy) is 1. The van der Waals surface area contributed by atoms with Crippen LogP contribution in [0.4, 0.5) is 5.69 Å². The second-order valence-corrected chi connectivity index (χ2v) is 4.89. The fourth-order valence-corrected chi connectivity index (χ4v) is 1.93. The lowest BCUT2D eigenvalue weighted by Gasteiger charge is -2.09. The summed E-state index contributed by atoms with van der Waals surface area (Å²) in [5.41, 5.74) is 7.51. The van der Waals surface area contributed by atoms with E-state index >= 15 is 0 Å². The van der Waals surface area contributed by atoms with Crippen molar-refractivity contribution < 1.29 is 14.6 Å². The Morgan fingerprint density at radius 2 is 1.89 bits per heavy atom. The average molecular weight is 322 g/mol. The second-order valence-electron chi connectivity index (χ2n) is 3.97. The Morgan fingerprint density at radius 3 is 2.47 bits per heavy atom. The molecule has 98 valence electrons. The van der Waals surface area contributed by atoms with E-state index in [1.54, 1.807) is 36.4 Å². The lowest BCUT2D eigenvalue weighted by molar-refractivity contribution is 0.0697. The maximum atomic E-state index is 10.7. The molecule has 3 N–H and O–H groups in total. The molecule has 0 spiro atoms. The highest BCUT2D eigenvalue weighted by Gasteiger charge is 2.04. The third-order valence-corrected chi connectivity index (χ3v) is 3.06. The molecule has 2 rings (SSSR count). The maximum absolute atomic E-state index is 10.7. The summed E-state index contributed by atoms with van der Waals surface area (Å²) in [6, 6.07) is 11.9. The van der Waals surface area contributed by atoms with Gasteiger partial charge in [0.25, 0.3) is 0 Å². The van der Waals surface area contributed by atoms with Crippen molar-refractivity contribution in [3.05, 3.63) is 58.1 Å². The van der Waals surface area contributed by atoms with Gasteiger partial charge >= 0.3 is 5.97 Å². The molecule has 0 saturated heterocycles. The number of halogens is 1. The standard InChI is InChI=1S/C14H12BrNO3/c15-11-5-6-13(12(16)7-11)19-8-9-1-3-10(4-2-9)14(17)18/h1-7H,8,16H2,(H,17,18). The molecule has 5 heteroatoms. The molecular formula is C14H12BrNO3. The van der Waals surface area contributed by atoms with Gasteiger partial charge in [-0.15, -0.1) is 0 Å². The Morgan fingerprint density at radius 1 is 1.21 bits per heavy atom. The first-order valence-electron chi connectivity index (χ1n) is 5.56. The van der Waals surface area contributed by atoms with Crippen LogP contribution in [0.25, 0.3) is 0 Å². The smallest absolute Gasteiger partial charge is 0.335 e. The molecule has 0 aliphatic carbocycles. The summed E-state index contributed by atoms with van der Waals surface area (Å²) in [4.78, 5) is 10.7. The van der Waals surface area contributed by atoms with Gasteiger partial charge in [-0.25, -0.2) is 4.79 Å². The van der Waals surface area contributed by atoms with Crippen LogP contribution in [0, 0.1) is 0 Å². The fourth-order valence-electron chi connectivity index (χ4n) is 1.56. The summed E-state index contributed by atoms with van der Waals surface area (Å²) < 4.78 is 6.48. The summed E-state index contributed by atoms with van der Waals surface area (Å²) in [6.45, 7) is 0.339. The van der Waals surface area contributed by atoms with Gasteiger partial charge in [0.2, 0.25) is 0 Å². The average Bonchev–Trinajstić information content (AvgIpc) is 2.38. The molecule has 0 aliphatic heterocycles. The molecule has 0 saturated carbocycles. The van der Waals surface area contributed by atoms with Crippen molar-refractivity contribution in [2.24, 2.45) is 0 Å². The SMILES string of the molecule is Nc1cc(Br)ccc1OCc1ccc(C(=O)O)cc1. The number of carbonyl (C=O) groups is 1. The highest BCUT2D eigenvalue weighted by Crippen LogP contribution is 2.25. The molecule has 0 aliphatic rings. The first kappa shape index (κ1) is 13.4. The van der Waals surface area contributed by atoms with Crippen LogP contribution in [-0.2, 0) is 6.61 Å². The topological polar surface area (TPSA) is 72.5 Å². The molecule has 0 unspecified atom stereocenters. The highest BCUT2D eigenvalue weighted by atomic mass is 79.9. The van der Waals surface area contributed by atoms with E-state index in [0.29, 0.717) is 18.0 Å². The molecule has 0 amide bonds. The second kappa shape index (κ2) is 5.75. The summed E-state index contributed by atoms with van der Waals surface area (Å²) in [6.07, 6.45) is 0. The Hall–Kier alpha value is -2.01. The largest absolute Gasteiger partial charge is 0.487 e. The normalized spacial score (nSPS) is 10.2. The number of hydrogen-bond donors (Lipinski definition) is 2. The molecule has 0 heterocycles. The summed E-state index contributed by atoms with van der Waals surface area (Å²) in [5, 5.41) is 8.79. The van der Waals surface area contributed by atoms with Crippen molar-refractivity contribution in [3.63, 3.8) is 0 Å². The number of aromatic carboxylic acids is 1. The van der Waals surface area contributed by atoms with E-state index in [9.17, 15) is 4.79 Å². The first-order valence-corrected chi connectivity index (χ1v) is 6.35. The van der Waals surface area contributed by atoms with Crippen molar-refractivity contribution in [3.8, 4) is 5.75 Å². The van der Waals surface area contributed by atoms with Gasteiger partial charge in [-0.05, 0) is 35.9 Å². The van der Waals surface area contributed by atoms with Crippen LogP contribution >= 0.6 is 15.9 Å². The van der Waals surface area contributed by atoms with Crippen molar-refractivity contribution in [2.45, 2.75) is 6.61 Å². The van der Waals surface area contributed by atoms with Gasteiger partial charge in [-0.3, -0.25) is 0 Å². The molecule has 0 aromatic heterocycles. The minimum absolute atomic E-state index is 0.256. The third kappa shape index (κ3) is 3.48. The molecule has 2 aromatic rings. The van der Waals surface area contributed by atoms with Crippen LogP contribution in [-0.4, -0.2) is 11.1 Å². The summed E-state index contributed by atoms with van der Waals surface area (Å²) in [5.74, 6) is -0.338. The predicted octanol–water partition coefficient (Wildman–Crippen LogP) is 3.31. The molecule has 0 fully saturated rings. The summed E-state index contributed by atoms with van der Waals surface area (Å²) >= 11 is 3.32. The van der Waals surface area contributed by atoms with Gasteiger partial charge in [0.15, 0.2) is 0 Å². The summed E-state index contributed by atoms with van der Waals surface area (Å²) in [7, 11) is 0. The molecule has 19 heavy (non-hydrogen) atoms. The fraction of sp³-hybridized carbons (Fsp3) is 0.0714. The van der Waals surface area contributed by atoms with Crippen LogP contribution in [0.5, 0.6) is 5.75 Å². The molecule has 2 aromatic carbocycles. The number of anilines is 1. The van der Waals surface area contributed by atoms with E-state index in [0.717, 1.165) is 10.0 Å². The van der Waals surface area contributed by atoms with Crippen LogP contribution in [0.1, 0.15) is 15.9 Å². The van der Waals surface area contributed by atoms with Crippen molar-refractivity contribution >= 4 is 27.6 Å². The number of benzene rings is 2. The van der Waals surface area contributed by atoms with E-state index in [4.69, 9.17) is 15.6 Å². The molecule has 0 radical (unpaired) electrons. The van der Waals surface area contributed by atoms with Gasteiger partial charge in [0.1, 0.15) is 12.4 Å². The van der Waals surface area contributed by atoms with Crippen LogP contribution in [0.3, 0.4) is 0 Å². The highest BCUT2D eigenvalue weighted by molar-refractivity contribution is 9.10. The first-order chi connectivity index (χ1) is 9.06. The predicted molar refractivity (Wildman–Crippen MR) is 76.3 cm³/mol. The Balaban J connectivity index is 2.04. The Labute approximate surface area is 118 Å². The zero-order valence-electron chi connectivity index (χ0n) is 9.97. The Kier molecular flexibility index (Phi) is 4.06. The van der Waals surface area contributed by atoms with Gasteiger partial charge in [-0.2, -0.15) is 0 Å².